The van der Waals surface area contributed by atoms with Gasteiger partial charge >= 0.3 is 0 Å². The molecular weight excluding hydrogens is 288 g/mol. The van der Waals surface area contributed by atoms with Crippen LogP contribution in [0.5, 0.6) is 5.75 Å². The van der Waals surface area contributed by atoms with E-state index in [4.69, 9.17) is 0 Å². The molecular formula is C18H20N4O. The molecule has 23 heavy (non-hydrogen) atoms. The molecule has 0 unspecified atom stereocenters. The second kappa shape index (κ2) is 6.67. The van der Waals surface area contributed by atoms with E-state index in [1.165, 1.54) is 0 Å². The molecule has 0 spiro atoms. The van der Waals surface area contributed by atoms with Gasteiger partial charge in [0, 0.05) is 18.2 Å². The summed E-state index contributed by atoms with van der Waals surface area (Å²) < 4.78 is 0. The number of phenols is 1. The van der Waals surface area contributed by atoms with Crippen LogP contribution in [-0.4, -0.2) is 23.2 Å². The Morgan fingerprint density at radius 1 is 1.43 bits per heavy atom. The number of nitrogens with one attached hydrogen (secondary N) is 2. The van der Waals surface area contributed by atoms with Crippen molar-refractivity contribution in [3.05, 3.63) is 41.5 Å². The highest BCUT2D eigenvalue weighted by molar-refractivity contribution is 5.72. The Bertz CT molecular complexity index is 745. The van der Waals surface area contributed by atoms with Crippen LogP contribution in [0.3, 0.4) is 0 Å². The van der Waals surface area contributed by atoms with E-state index in [-0.39, 0.29) is 11.8 Å². The molecule has 1 saturated heterocycles. The maximum atomic E-state index is 10.1. The quantitative estimate of drug-likeness (QED) is 0.808. The predicted octanol–water partition coefficient (Wildman–Crippen LogP) is 3.18. The summed E-state index contributed by atoms with van der Waals surface area (Å²) in [5.41, 5.74) is 2.90. The van der Waals surface area contributed by atoms with Crippen LogP contribution in [0.1, 0.15) is 36.9 Å². The van der Waals surface area contributed by atoms with Crippen LogP contribution in [0.25, 0.3) is 11.3 Å². The first-order valence-corrected chi connectivity index (χ1v) is 7.95. The molecule has 0 aliphatic carbocycles. The molecule has 1 aromatic heterocycles. The maximum Gasteiger partial charge on any atom is 0.144 e. The van der Waals surface area contributed by atoms with E-state index < -0.39 is 0 Å². The van der Waals surface area contributed by atoms with E-state index in [0.717, 1.165) is 24.9 Å². The van der Waals surface area contributed by atoms with Crippen LogP contribution in [-0.2, 0) is 0 Å². The largest absolute Gasteiger partial charge is 0.507 e. The van der Waals surface area contributed by atoms with Crippen molar-refractivity contribution in [3.63, 3.8) is 0 Å². The number of aromatic hydroxyl groups is 1. The summed E-state index contributed by atoms with van der Waals surface area (Å²) in [7, 11) is 0. The van der Waals surface area contributed by atoms with E-state index in [0.29, 0.717) is 29.2 Å². The van der Waals surface area contributed by atoms with Gasteiger partial charge in [0.05, 0.1) is 11.3 Å². The number of aromatic nitrogens is 1. The Balaban J connectivity index is 2.17. The van der Waals surface area contributed by atoms with Crippen LogP contribution in [0.4, 0.5) is 5.82 Å². The molecule has 1 fully saturated rings. The van der Waals surface area contributed by atoms with Crippen molar-refractivity contribution in [3.8, 4) is 23.1 Å². The van der Waals surface area contributed by atoms with Gasteiger partial charge in [0.25, 0.3) is 0 Å². The summed E-state index contributed by atoms with van der Waals surface area (Å²) in [6, 6.07) is 11.5. The predicted molar refractivity (Wildman–Crippen MR) is 90.2 cm³/mol. The number of pyridine rings is 1. The Morgan fingerprint density at radius 3 is 2.91 bits per heavy atom. The summed E-state index contributed by atoms with van der Waals surface area (Å²) in [6.45, 7) is 3.62. The third kappa shape index (κ3) is 2.99. The van der Waals surface area contributed by atoms with Crippen molar-refractivity contribution in [2.45, 2.75) is 25.8 Å². The fourth-order valence-corrected chi connectivity index (χ4v) is 3.03. The van der Waals surface area contributed by atoms with Crippen LogP contribution in [0.15, 0.2) is 30.3 Å². The van der Waals surface area contributed by atoms with Crippen LogP contribution in [0, 0.1) is 11.3 Å². The summed E-state index contributed by atoms with van der Waals surface area (Å²) in [6.07, 6.45) is 2.10. The number of rotatable bonds is 4. The van der Waals surface area contributed by atoms with E-state index >= 15 is 0 Å². The number of hydrogen-bond acceptors (Lipinski definition) is 5. The number of hydrogen-bond donors (Lipinski definition) is 3. The van der Waals surface area contributed by atoms with Crippen molar-refractivity contribution in [2.24, 2.45) is 0 Å². The van der Waals surface area contributed by atoms with Crippen LogP contribution < -0.4 is 10.6 Å². The molecule has 1 aliphatic rings. The standard InChI is InChI=1S/C18H20N4O/c1-2-20-18-14(11-19)13(15-7-5-9-21-15)10-16(22-18)12-6-3-4-8-17(12)23/h3-4,6,8,10,15,21,23H,2,5,7,9H2,1H3,(H,20,22)/t15-/m0/s1. The molecule has 5 nitrogen and oxygen atoms in total. The van der Waals surface area contributed by atoms with Gasteiger partial charge < -0.3 is 15.7 Å². The van der Waals surface area contributed by atoms with Gasteiger partial charge in [-0.05, 0) is 50.1 Å². The van der Waals surface area contributed by atoms with Crippen LogP contribution >= 0.6 is 0 Å². The summed E-state index contributed by atoms with van der Waals surface area (Å²) in [5, 5.41) is 26.3. The molecule has 2 heterocycles. The molecule has 0 bridgehead atoms. The van der Waals surface area contributed by atoms with Crippen molar-refractivity contribution >= 4 is 5.82 Å². The van der Waals surface area contributed by atoms with E-state index in [2.05, 4.69) is 21.7 Å². The second-order valence-corrected chi connectivity index (χ2v) is 5.63. The molecule has 118 valence electrons. The minimum absolute atomic E-state index is 0.162. The van der Waals surface area contributed by atoms with Gasteiger partial charge in [-0.15, -0.1) is 0 Å². The average Bonchev–Trinajstić information content (AvgIpc) is 3.09. The lowest BCUT2D eigenvalue weighted by Gasteiger charge is -2.17. The third-order valence-electron chi connectivity index (χ3n) is 4.12. The molecule has 3 N–H and O–H groups in total. The normalized spacial score (nSPS) is 17.0. The van der Waals surface area contributed by atoms with E-state index in [1.807, 2.05) is 25.1 Å². The lowest BCUT2D eigenvalue weighted by molar-refractivity contribution is 0.477. The first kappa shape index (κ1) is 15.3. The molecule has 0 radical (unpaired) electrons. The highest BCUT2D eigenvalue weighted by atomic mass is 16.3. The number of nitrogens with zero attached hydrogens (tertiary/aromatic N) is 2. The number of benzene rings is 1. The van der Waals surface area contributed by atoms with Gasteiger partial charge in [-0.3, -0.25) is 0 Å². The zero-order valence-corrected chi connectivity index (χ0v) is 13.1. The summed E-state index contributed by atoms with van der Waals surface area (Å²) in [5.74, 6) is 0.775. The number of para-hydroxylation sites is 1. The Morgan fingerprint density at radius 2 is 2.26 bits per heavy atom. The van der Waals surface area contributed by atoms with Crippen molar-refractivity contribution in [2.75, 3.05) is 18.4 Å². The number of phenolic OH excluding ortho intramolecular Hbond substituents is 1. The first-order valence-electron chi connectivity index (χ1n) is 7.95. The van der Waals surface area contributed by atoms with Gasteiger partial charge in [-0.2, -0.15) is 5.26 Å². The van der Waals surface area contributed by atoms with Crippen molar-refractivity contribution in [1.29, 1.82) is 5.26 Å². The summed E-state index contributed by atoms with van der Waals surface area (Å²) >= 11 is 0. The molecule has 0 saturated carbocycles. The smallest absolute Gasteiger partial charge is 0.144 e. The minimum atomic E-state index is 0.162. The molecule has 5 heteroatoms. The number of nitriles is 1. The van der Waals surface area contributed by atoms with Gasteiger partial charge in [0.15, 0.2) is 0 Å². The molecule has 0 amide bonds. The van der Waals surface area contributed by atoms with Gasteiger partial charge in [-0.25, -0.2) is 4.98 Å². The molecule has 3 rings (SSSR count). The maximum absolute atomic E-state index is 10.1. The third-order valence-corrected chi connectivity index (χ3v) is 4.12. The van der Waals surface area contributed by atoms with E-state index in [1.54, 1.807) is 12.1 Å². The van der Waals surface area contributed by atoms with Gasteiger partial charge in [0.1, 0.15) is 17.6 Å². The lowest BCUT2D eigenvalue weighted by atomic mass is 9.97. The fraction of sp³-hybridized carbons (Fsp3) is 0.333. The Labute approximate surface area is 136 Å². The van der Waals surface area contributed by atoms with Crippen LogP contribution in [0.2, 0.25) is 0 Å². The average molecular weight is 308 g/mol. The monoisotopic (exact) mass is 308 g/mol. The van der Waals surface area contributed by atoms with Crippen molar-refractivity contribution in [1.82, 2.24) is 10.3 Å². The van der Waals surface area contributed by atoms with Crippen molar-refractivity contribution < 1.29 is 5.11 Å². The second-order valence-electron chi connectivity index (χ2n) is 5.63. The SMILES string of the molecule is CCNc1nc(-c2ccccc2O)cc([C@@H]2CCCN2)c1C#N. The lowest BCUT2D eigenvalue weighted by Crippen LogP contribution is -2.16. The summed E-state index contributed by atoms with van der Waals surface area (Å²) in [4.78, 5) is 4.58. The van der Waals surface area contributed by atoms with Gasteiger partial charge in [-0.1, -0.05) is 12.1 Å². The first-order chi connectivity index (χ1) is 11.2. The Hall–Kier alpha value is -2.58. The highest BCUT2D eigenvalue weighted by Gasteiger charge is 2.23. The number of anilines is 1. The fourth-order valence-electron chi connectivity index (χ4n) is 3.03. The van der Waals surface area contributed by atoms with Gasteiger partial charge in [0.2, 0.25) is 0 Å². The highest BCUT2D eigenvalue weighted by Crippen LogP contribution is 2.35. The molecule has 1 aromatic carbocycles. The minimum Gasteiger partial charge on any atom is -0.507 e. The zero-order chi connectivity index (χ0) is 16.2. The zero-order valence-electron chi connectivity index (χ0n) is 13.1. The van der Waals surface area contributed by atoms with E-state index in [9.17, 15) is 10.4 Å². The topological polar surface area (TPSA) is 81.0 Å². The molecule has 2 aromatic rings. The molecule has 1 atom stereocenters. The molecule has 1 aliphatic heterocycles. The Kier molecular flexibility index (Phi) is 4.45.